The molecule has 3 amide bonds. The number of hydrogen-bond donors (Lipinski definition) is 2. The van der Waals surface area contributed by atoms with Gasteiger partial charge in [-0.05, 0) is 55.7 Å². The lowest BCUT2D eigenvalue weighted by molar-refractivity contribution is -0.132. The van der Waals surface area contributed by atoms with Crippen LogP contribution in [0.4, 0.5) is 13.6 Å². The van der Waals surface area contributed by atoms with E-state index in [0.717, 1.165) is 11.6 Å². The zero-order valence-electron chi connectivity index (χ0n) is 21.7. The van der Waals surface area contributed by atoms with Crippen molar-refractivity contribution in [3.8, 4) is 0 Å². The van der Waals surface area contributed by atoms with Gasteiger partial charge in [-0.15, -0.1) is 0 Å². The summed E-state index contributed by atoms with van der Waals surface area (Å²) in [5.41, 5.74) is 1.32. The summed E-state index contributed by atoms with van der Waals surface area (Å²) < 4.78 is 30.3. The molecule has 0 radical (unpaired) electrons. The second-order valence-corrected chi connectivity index (χ2v) is 11.1. The number of likely N-dealkylation sites (tertiary alicyclic amines) is 2. The van der Waals surface area contributed by atoms with Gasteiger partial charge in [0.2, 0.25) is 5.91 Å². The molecule has 4 heterocycles. The number of pyridine rings is 1. The minimum atomic E-state index is -0.904. The van der Waals surface area contributed by atoms with Gasteiger partial charge in [-0.25, -0.2) is 23.4 Å². The summed E-state index contributed by atoms with van der Waals surface area (Å²) in [6, 6.07) is 6.62. The van der Waals surface area contributed by atoms with Crippen molar-refractivity contribution in [2.75, 3.05) is 38.2 Å². The minimum absolute atomic E-state index is 0.0667. The van der Waals surface area contributed by atoms with Crippen LogP contribution in [0.15, 0.2) is 41.3 Å². The summed E-state index contributed by atoms with van der Waals surface area (Å²) in [7, 11) is 0. The van der Waals surface area contributed by atoms with Crippen LogP contribution in [0.2, 0.25) is 0 Å². The molecule has 39 heavy (non-hydrogen) atoms. The van der Waals surface area contributed by atoms with Crippen LogP contribution in [-0.2, 0) is 4.79 Å². The number of rotatable bonds is 6. The monoisotopic (exact) mass is 558 g/mol. The summed E-state index contributed by atoms with van der Waals surface area (Å²) in [6.45, 7) is 1.60. The van der Waals surface area contributed by atoms with Crippen LogP contribution >= 0.6 is 11.8 Å². The molecule has 0 spiro atoms. The van der Waals surface area contributed by atoms with Gasteiger partial charge in [0.15, 0.2) is 17.3 Å². The van der Waals surface area contributed by atoms with E-state index in [1.807, 2.05) is 12.3 Å². The van der Waals surface area contributed by atoms with Crippen molar-refractivity contribution < 1.29 is 18.4 Å². The van der Waals surface area contributed by atoms with E-state index in [1.165, 1.54) is 6.07 Å². The Morgan fingerprint density at radius 1 is 1.13 bits per heavy atom. The molecule has 12 heteroatoms. The molecule has 0 aliphatic carbocycles. The number of nitrogens with one attached hydrogen (secondary N) is 2. The zero-order chi connectivity index (χ0) is 27.5. The maximum atomic E-state index is 14.6. The largest absolute Gasteiger partial charge is 0.339 e. The summed E-state index contributed by atoms with van der Waals surface area (Å²) in [5, 5.41) is 2.91. The van der Waals surface area contributed by atoms with Gasteiger partial charge >= 0.3 is 11.7 Å². The van der Waals surface area contributed by atoms with Gasteiger partial charge in [0.05, 0.1) is 5.52 Å². The van der Waals surface area contributed by atoms with Gasteiger partial charge in [-0.1, -0.05) is 12.1 Å². The SMILES string of the molecule is CSCCN1CC(c2cccc(F)c2F)CCC(NC(=O)N2CCC(n3c(=O)[nH]c4ncccc43)CC2)C1=O. The van der Waals surface area contributed by atoms with Crippen molar-refractivity contribution in [3.63, 3.8) is 0 Å². The molecule has 208 valence electrons. The van der Waals surface area contributed by atoms with Crippen LogP contribution in [0, 0.1) is 11.6 Å². The Hall–Kier alpha value is -3.41. The van der Waals surface area contributed by atoms with E-state index >= 15 is 0 Å². The average molecular weight is 559 g/mol. The third kappa shape index (κ3) is 5.66. The maximum absolute atomic E-state index is 14.6. The first kappa shape index (κ1) is 27.2. The summed E-state index contributed by atoms with van der Waals surface area (Å²) in [4.78, 5) is 49.5. The molecule has 2 aromatic heterocycles. The number of carbonyl (C=O) groups excluding carboxylic acids is 2. The quantitative estimate of drug-likeness (QED) is 0.482. The number of H-pyrrole nitrogens is 1. The average Bonchev–Trinajstić information content (AvgIpc) is 3.20. The van der Waals surface area contributed by atoms with Crippen molar-refractivity contribution in [3.05, 3.63) is 64.2 Å². The molecular weight excluding hydrogens is 526 g/mol. The molecule has 9 nitrogen and oxygen atoms in total. The van der Waals surface area contributed by atoms with E-state index in [9.17, 15) is 23.2 Å². The van der Waals surface area contributed by atoms with Crippen molar-refractivity contribution in [2.45, 2.75) is 43.7 Å². The number of carbonyl (C=O) groups is 2. The Morgan fingerprint density at radius 2 is 1.92 bits per heavy atom. The Bertz CT molecular complexity index is 1400. The number of hydrogen-bond acceptors (Lipinski definition) is 5. The number of amides is 3. The van der Waals surface area contributed by atoms with Crippen LogP contribution in [0.5, 0.6) is 0 Å². The molecule has 0 bridgehead atoms. The zero-order valence-corrected chi connectivity index (χ0v) is 22.6. The van der Waals surface area contributed by atoms with E-state index < -0.39 is 17.7 Å². The molecule has 2 N–H and O–H groups in total. The number of aromatic nitrogens is 3. The number of halogens is 2. The molecule has 2 aliphatic heterocycles. The second-order valence-electron chi connectivity index (χ2n) is 10.1. The van der Waals surface area contributed by atoms with Gasteiger partial charge in [0.25, 0.3) is 0 Å². The Morgan fingerprint density at radius 3 is 2.69 bits per heavy atom. The molecule has 0 saturated carbocycles. The van der Waals surface area contributed by atoms with Gasteiger partial charge in [0.1, 0.15) is 6.04 Å². The van der Waals surface area contributed by atoms with E-state index in [2.05, 4.69) is 15.3 Å². The standard InChI is InChI=1S/C27H32F2N6O3S/c1-39-15-14-34-16-17(19-4-2-5-20(28)23(19)29)7-8-21(25(34)36)31-26(37)33-12-9-18(10-13-33)35-22-6-3-11-30-24(22)32-27(35)38/h2-6,11,17-18,21H,7-10,12-16H2,1H3,(H,31,37)(H,30,32,38). The molecular formula is C27H32F2N6O3S. The Balaban J connectivity index is 1.25. The van der Waals surface area contributed by atoms with Crippen LogP contribution in [0.3, 0.4) is 0 Å². The van der Waals surface area contributed by atoms with Crippen molar-refractivity contribution >= 4 is 34.9 Å². The molecule has 2 saturated heterocycles. The highest BCUT2D eigenvalue weighted by Crippen LogP contribution is 2.30. The molecule has 3 aromatic rings. The summed E-state index contributed by atoms with van der Waals surface area (Å²) >= 11 is 1.59. The van der Waals surface area contributed by atoms with E-state index in [-0.39, 0.29) is 41.7 Å². The molecule has 2 aliphatic rings. The third-order valence-corrected chi connectivity index (χ3v) is 8.34. The first-order valence-corrected chi connectivity index (χ1v) is 14.6. The lowest BCUT2D eigenvalue weighted by Crippen LogP contribution is -2.53. The van der Waals surface area contributed by atoms with E-state index in [1.54, 1.807) is 44.5 Å². The lowest BCUT2D eigenvalue weighted by atomic mass is 9.93. The summed E-state index contributed by atoms with van der Waals surface area (Å²) in [5.74, 6) is -1.66. The highest BCUT2D eigenvalue weighted by molar-refractivity contribution is 7.98. The minimum Gasteiger partial charge on any atom is -0.339 e. The number of nitrogens with zero attached hydrogens (tertiary/aromatic N) is 4. The predicted octanol–water partition coefficient (Wildman–Crippen LogP) is 3.49. The first-order valence-electron chi connectivity index (χ1n) is 13.2. The second kappa shape index (κ2) is 11.8. The Kier molecular flexibility index (Phi) is 8.20. The smallest absolute Gasteiger partial charge is 0.327 e. The maximum Gasteiger partial charge on any atom is 0.327 e. The van der Waals surface area contributed by atoms with Crippen molar-refractivity contribution in [1.82, 2.24) is 29.7 Å². The molecule has 2 fully saturated rings. The number of aromatic amines is 1. The van der Waals surface area contributed by atoms with Crippen molar-refractivity contribution in [1.29, 1.82) is 0 Å². The molecule has 5 rings (SSSR count). The van der Waals surface area contributed by atoms with Crippen LogP contribution in [0.25, 0.3) is 11.2 Å². The van der Waals surface area contributed by atoms with Gasteiger partial charge in [-0.2, -0.15) is 11.8 Å². The fourth-order valence-corrected chi connectivity index (χ4v) is 6.08. The highest BCUT2D eigenvalue weighted by Gasteiger charge is 2.35. The normalized spacial score (nSPS) is 20.8. The summed E-state index contributed by atoms with van der Waals surface area (Å²) in [6.07, 6.45) is 5.52. The van der Waals surface area contributed by atoms with Crippen LogP contribution in [0.1, 0.15) is 43.2 Å². The van der Waals surface area contributed by atoms with Gasteiger partial charge < -0.3 is 15.1 Å². The number of thioether (sulfide) groups is 1. The highest BCUT2D eigenvalue weighted by atomic mass is 32.2. The molecule has 2 unspecified atom stereocenters. The Labute approximate surface area is 228 Å². The van der Waals surface area contributed by atoms with E-state index in [0.29, 0.717) is 56.7 Å². The molecule has 1 aromatic carbocycles. The van der Waals surface area contributed by atoms with Crippen LogP contribution in [-0.4, -0.2) is 80.5 Å². The topological polar surface area (TPSA) is 103 Å². The number of urea groups is 1. The van der Waals surface area contributed by atoms with Gasteiger partial charge in [0, 0.05) is 50.1 Å². The predicted molar refractivity (Wildman–Crippen MR) is 146 cm³/mol. The first-order chi connectivity index (χ1) is 18.9. The lowest BCUT2D eigenvalue weighted by Gasteiger charge is -2.34. The fraction of sp³-hybridized carbons (Fsp3) is 0.481. The number of piperidine rings is 1. The third-order valence-electron chi connectivity index (χ3n) is 7.75. The fourth-order valence-electron chi connectivity index (χ4n) is 5.67. The van der Waals surface area contributed by atoms with Crippen molar-refractivity contribution in [2.24, 2.45) is 0 Å². The molecule has 2 atom stereocenters. The number of imidazole rings is 1. The number of fused-ring (bicyclic) bond motifs is 1. The number of benzene rings is 1. The van der Waals surface area contributed by atoms with Gasteiger partial charge in [-0.3, -0.25) is 14.3 Å². The van der Waals surface area contributed by atoms with Crippen LogP contribution < -0.4 is 11.0 Å². The van der Waals surface area contributed by atoms with E-state index in [4.69, 9.17) is 0 Å².